The van der Waals surface area contributed by atoms with Crippen molar-refractivity contribution in [1.29, 1.82) is 0 Å². The summed E-state index contributed by atoms with van der Waals surface area (Å²) in [6.45, 7) is 0.999. The largest absolute Gasteiger partial charge is 0.420 e. The van der Waals surface area contributed by atoms with Gasteiger partial charge in [0.15, 0.2) is 5.58 Å². The number of hydrogen-bond donors (Lipinski definition) is 1. The molecule has 0 bridgehead atoms. The van der Waals surface area contributed by atoms with E-state index in [4.69, 9.17) is 9.15 Å². The highest BCUT2D eigenvalue weighted by atomic mass is 16.5. The summed E-state index contributed by atoms with van der Waals surface area (Å²) in [7, 11) is 0. The molecule has 3 heterocycles. The van der Waals surface area contributed by atoms with Crippen LogP contribution in [0.2, 0.25) is 0 Å². The Morgan fingerprint density at radius 1 is 1.19 bits per heavy atom. The van der Waals surface area contributed by atoms with E-state index >= 15 is 0 Å². The average molecular weight is 353 g/mol. The van der Waals surface area contributed by atoms with Crippen LogP contribution in [0.25, 0.3) is 11.1 Å². The second kappa shape index (κ2) is 7.13. The van der Waals surface area contributed by atoms with Crippen molar-refractivity contribution in [3.8, 4) is 0 Å². The van der Waals surface area contributed by atoms with E-state index in [1.807, 2.05) is 12.1 Å². The Kier molecular flexibility index (Phi) is 4.53. The fraction of sp³-hybridized carbons (Fsp3) is 0.316. The molecule has 1 aromatic carbocycles. The first-order valence-electron chi connectivity index (χ1n) is 8.55. The van der Waals surface area contributed by atoms with Crippen molar-refractivity contribution in [1.82, 2.24) is 14.9 Å². The second-order valence-electron chi connectivity index (χ2n) is 6.45. The number of aromatic nitrogens is 2. The van der Waals surface area contributed by atoms with Gasteiger partial charge in [-0.3, -0.25) is 14.3 Å². The lowest BCUT2D eigenvalue weighted by Gasteiger charge is -2.19. The van der Waals surface area contributed by atoms with Gasteiger partial charge in [-0.1, -0.05) is 12.1 Å². The molecule has 1 aliphatic rings. The Balaban J connectivity index is 1.44. The van der Waals surface area contributed by atoms with Gasteiger partial charge in [-0.2, -0.15) is 0 Å². The summed E-state index contributed by atoms with van der Waals surface area (Å²) < 4.78 is 12.1. The highest BCUT2D eigenvalue weighted by Crippen LogP contribution is 2.19. The van der Waals surface area contributed by atoms with E-state index in [1.54, 1.807) is 36.7 Å². The third-order valence-corrected chi connectivity index (χ3v) is 4.67. The normalized spacial score (nSPS) is 19.7. The summed E-state index contributed by atoms with van der Waals surface area (Å²) in [5.41, 5.74) is 2.25. The first-order chi connectivity index (χ1) is 12.7. The molecule has 1 saturated heterocycles. The minimum Gasteiger partial charge on any atom is -0.408 e. The number of carbonyl (C=O) groups excluding carboxylic acids is 1. The van der Waals surface area contributed by atoms with Crippen molar-refractivity contribution in [2.75, 3.05) is 13.2 Å². The van der Waals surface area contributed by atoms with E-state index < -0.39 is 5.76 Å². The van der Waals surface area contributed by atoms with Gasteiger partial charge in [-0.05, 0) is 36.2 Å². The van der Waals surface area contributed by atoms with Crippen LogP contribution in [0, 0.1) is 5.92 Å². The maximum Gasteiger partial charge on any atom is 0.420 e. The molecule has 1 N–H and O–H groups in total. The van der Waals surface area contributed by atoms with Gasteiger partial charge in [-0.25, -0.2) is 4.79 Å². The lowest BCUT2D eigenvalue weighted by molar-refractivity contribution is -0.122. The first kappa shape index (κ1) is 16.5. The molecule has 7 heteroatoms. The second-order valence-corrected chi connectivity index (χ2v) is 6.45. The number of nitrogens with one attached hydrogen (secondary N) is 1. The van der Waals surface area contributed by atoms with Gasteiger partial charge in [0.2, 0.25) is 5.91 Å². The molecule has 3 aromatic rings. The summed E-state index contributed by atoms with van der Waals surface area (Å²) in [6, 6.07) is 10.9. The van der Waals surface area contributed by atoms with Crippen LogP contribution in [0.3, 0.4) is 0 Å². The summed E-state index contributed by atoms with van der Waals surface area (Å²) in [5, 5.41) is 3.00. The van der Waals surface area contributed by atoms with E-state index in [0.29, 0.717) is 24.3 Å². The quantitative estimate of drug-likeness (QED) is 0.749. The third-order valence-electron chi connectivity index (χ3n) is 4.67. The van der Waals surface area contributed by atoms with Crippen LogP contribution in [0.4, 0.5) is 0 Å². The number of pyridine rings is 1. The summed E-state index contributed by atoms with van der Waals surface area (Å²) in [4.78, 5) is 28.5. The van der Waals surface area contributed by atoms with Crippen molar-refractivity contribution in [3.05, 3.63) is 64.9 Å². The number of oxazole rings is 1. The van der Waals surface area contributed by atoms with Crippen molar-refractivity contribution >= 4 is 17.0 Å². The van der Waals surface area contributed by atoms with Crippen LogP contribution in [0.1, 0.15) is 5.56 Å². The minimum atomic E-state index is -0.530. The molecule has 2 atom stereocenters. The highest BCUT2D eigenvalue weighted by Gasteiger charge is 2.30. The Hall–Kier alpha value is -2.93. The van der Waals surface area contributed by atoms with E-state index in [-0.39, 0.29) is 24.4 Å². The van der Waals surface area contributed by atoms with Crippen LogP contribution in [0.5, 0.6) is 0 Å². The molecule has 0 aliphatic carbocycles. The summed E-state index contributed by atoms with van der Waals surface area (Å²) in [5.74, 6) is -0.564. The van der Waals surface area contributed by atoms with Gasteiger partial charge < -0.3 is 14.5 Å². The fourth-order valence-electron chi connectivity index (χ4n) is 3.34. The predicted octanol–water partition coefficient (Wildman–Crippen LogP) is 1.36. The Morgan fingerprint density at radius 2 is 2.00 bits per heavy atom. The molecule has 7 nitrogen and oxygen atoms in total. The van der Waals surface area contributed by atoms with Crippen molar-refractivity contribution < 1.29 is 13.9 Å². The Bertz CT molecular complexity index is 964. The maximum absolute atomic E-state index is 12.5. The van der Waals surface area contributed by atoms with Crippen LogP contribution >= 0.6 is 0 Å². The minimum absolute atomic E-state index is 0.0751. The summed E-state index contributed by atoms with van der Waals surface area (Å²) >= 11 is 0. The molecule has 1 fully saturated rings. The monoisotopic (exact) mass is 353 g/mol. The number of ether oxygens (including phenoxy) is 1. The molecular formula is C19H19N3O4. The number of benzene rings is 1. The van der Waals surface area contributed by atoms with E-state index in [9.17, 15) is 9.59 Å². The molecule has 26 heavy (non-hydrogen) atoms. The van der Waals surface area contributed by atoms with Crippen LogP contribution in [-0.2, 0) is 22.5 Å². The number of fused-ring (bicyclic) bond motifs is 1. The zero-order valence-electron chi connectivity index (χ0n) is 14.1. The van der Waals surface area contributed by atoms with Crippen LogP contribution < -0.4 is 11.1 Å². The molecule has 0 saturated carbocycles. The first-order valence-corrected chi connectivity index (χ1v) is 8.55. The van der Waals surface area contributed by atoms with Crippen molar-refractivity contribution in [3.63, 3.8) is 0 Å². The SMILES string of the molecule is O=C(Cn1c(=O)oc2ccccc21)N[C@@H]1COC[C@H]1Cc1ccncc1. The van der Waals surface area contributed by atoms with Gasteiger partial charge in [-0.15, -0.1) is 0 Å². The molecular weight excluding hydrogens is 334 g/mol. The molecule has 134 valence electrons. The topological polar surface area (TPSA) is 86.4 Å². The van der Waals surface area contributed by atoms with Gasteiger partial charge in [0.25, 0.3) is 0 Å². The Labute approximate surface area is 149 Å². The lowest BCUT2D eigenvalue weighted by atomic mass is 9.95. The number of nitrogens with zero attached hydrogens (tertiary/aromatic N) is 2. The number of amides is 1. The highest BCUT2D eigenvalue weighted by molar-refractivity contribution is 5.79. The third kappa shape index (κ3) is 3.39. The van der Waals surface area contributed by atoms with Crippen molar-refractivity contribution in [2.45, 2.75) is 19.0 Å². The van der Waals surface area contributed by atoms with Crippen molar-refractivity contribution in [2.24, 2.45) is 5.92 Å². The molecule has 0 unspecified atom stereocenters. The average Bonchev–Trinajstić information content (AvgIpc) is 3.20. The molecule has 0 radical (unpaired) electrons. The van der Waals surface area contributed by atoms with Gasteiger partial charge >= 0.3 is 5.76 Å². The van der Waals surface area contributed by atoms with Crippen LogP contribution in [-0.4, -0.2) is 34.7 Å². The molecule has 1 aliphatic heterocycles. The van der Waals surface area contributed by atoms with E-state index in [1.165, 1.54) is 4.57 Å². The lowest BCUT2D eigenvalue weighted by Crippen LogP contribution is -2.42. The van der Waals surface area contributed by atoms with E-state index in [2.05, 4.69) is 10.3 Å². The standard InChI is InChI=1S/C19H19N3O4/c23-18(10-22-16-3-1-2-4-17(16)26-19(22)24)21-15-12-25-11-14(15)9-13-5-7-20-8-6-13/h1-8,14-15H,9-12H2,(H,21,23)/t14-,15-/m1/s1. The zero-order valence-corrected chi connectivity index (χ0v) is 14.1. The molecule has 4 rings (SSSR count). The number of carbonyl (C=O) groups is 1. The Morgan fingerprint density at radius 3 is 2.85 bits per heavy atom. The molecule has 1 amide bonds. The van der Waals surface area contributed by atoms with Gasteiger partial charge in [0.05, 0.1) is 24.8 Å². The number of para-hydroxylation sites is 2. The fourth-order valence-corrected chi connectivity index (χ4v) is 3.34. The predicted molar refractivity (Wildman–Crippen MR) is 94.7 cm³/mol. The maximum atomic E-state index is 12.5. The zero-order chi connectivity index (χ0) is 17.9. The number of rotatable bonds is 5. The van der Waals surface area contributed by atoms with E-state index in [0.717, 1.165) is 12.0 Å². The molecule has 0 spiro atoms. The van der Waals surface area contributed by atoms with Gasteiger partial charge in [0, 0.05) is 18.3 Å². The number of hydrogen-bond acceptors (Lipinski definition) is 5. The van der Waals surface area contributed by atoms with Crippen LogP contribution in [0.15, 0.2) is 58.0 Å². The summed E-state index contributed by atoms with van der Waals surface area (Å²) in [6.07, 6.45) is 4.33. The smallest absolute Gasteiger partial charge is 0.408 e. The molecule has 2 aromatic heterocycles. The van der Waals surface area contributed by atoms with Gasteiger partial charge in [0.1, 0.15) is 6.54 Å².